The molecule has 1 aromatic rings. The lowest BCUT2D eigenvalue weighted by Crippen LogP contribution is -2.27. The van der Waals surface area contributed by atoms with Gasteiger partial charge in [0.25, 0.3) is 0 Å². The van der Waals surface area contributed by atoms with Crippen LogP contribution in [0.1, 0.15) is 18.4 Å². The van der Waals surface area contributed by atoms with Crippen LogP contribution in [0.25, 0.3) is 0 Å². The molecule has 2 atom stereocenters. The molecule has 72 valence electrons. The van der Waals surface area contributed by atoms with Gasteiger partial charge >= 0.3 is 0 Å². The Morgan fingerprint density at radius 2 is 1.92 bits per heavy atom. The lowest BCUT2D eigenvalue weighted by molar-refractivity contribution is 0.0905. The molecule has 2 heteroatoms. The zero-order valence-electron chi connectivity index (χ0n) is 8.23. The first-order valence-corrected chi connectivity index (χ1v) is 4.57. The molecule has 1 rings (SSSR count). The normalized spacial score (nSPS) is 15.3. The van der Waals surface area contributed by atoms with Crippen molar-refractivity contribution in [1.29, 1.82) is 0 Å². The number of methoxy groups -OCH3 is 1. The molecule has 0 fully saturated rings. The zero-order chi connectivity index (χ0) is 9.68. The van der Waals surface area contributed by atoms with E-state index in [9.17, 15) is 0 Å². The number of rotatable bonds is 4. The minimum absolute atomic E-state index is 0.113. The average Bonchev–Trinajstić information content (AvgIpc) is 2.21. The molecule has 0 aromatic heterocycles. The quantitative estimate of drug-likeness (QED) is 0.764. The number of benzene rings is 1. The zero-order valence-corrected chi connectivity index (χ0v) is 8.23. The van der Waals surface area contributed by atoms with Crippen LogP contribution in [0.2, 0.25) is 0 Å². The Balaban J connectivity index is 2.72. The predicted octanol–water partition coefficient (Wildman–Crippen LogP) is 1.76. The van der Waals surface area contributed by atoms with Crippen molar-refractivity contribution in [2.24, 2.45) is 5.73 Å². The van der Waals surface area contributed by atoms with Gasteiger partial charge in [0.2, 0.25) is 0 Å². The van der Waals surface area contributed by atoms with Crippen LogP contribution < -0.4 is 5.73 Å². The fourth-order valence-corrected chi connectivity index (χ4v) is 1.48. The van der Waals surface area contributed by atoms with E-state index in [0.717, 1.165) is 0 Å². The van der Waals surface area contributed by atoms with Crippen molar-refractivity contribution >= 4 is 0 Å². The molecule has 0 saturated carbocycles. The van der Waals surface area contributed by atoms with Crippen LogP contribution >= 0.6 is 0 Å². The predicted molar refractivity (Wildman–Crippen MR) is 54.7 cm³/mol. The highest BCUT2D eigenvalue weighted by Crippen LogP contribution is 2.19. The first-order valence-electron chi connectivity index (χ1n) is 4.57. The molecule has 0 bridgehead atoms. The van der Waals surface area contributed by atoms with E-state index in [1.54, 1.807) is 7.11 Å². The van der Waals surface area contributed by atoms with E-state index < -0.39 is 0 Å². The van der Waals surface area contributed by atoms with E-state index in [2.05, 4.69) is 19.1 Å². The molecule has 2 nitrogen and oxygen atoms in total. The van der Waals surface area contributed by atoms with E-state index in [1.165, 1.54) is 5.56 Å². The highest BCUT2D eigenvalue weighted by Gasteiger charge is 2.15. The first kappa shape index (κ1) is 10.2. The van der Waals surface area contributed by atoms with Crippen LogP contribution in [0.5, 0.6) is 0 Å². The Labute approximate surface area is 79.7 Å². The summed E-state index contributed by atoms with van der Waals surface area (Å²) in [5, 5.41) is 0. The first-order chi connectivity index (χ1) is 6.29. The maximum Gasteiger partial charge on any atom is 0.0759 e. The Hall–Kier alpha value is -0.860. The number of hydrogen-bond donors (Lipinski definition) is 1. The minimum atomic E-state index is 0.113. The molecule has 0 heterocycles. The minimum Gasteiger partial charge on any atom is -0.380 e. The summed E-state index contributed by atoms with van der Waals surface area (Å²) in [6.07, 6.45) is 0.113. The van der Waals surface area contributed by atoms with Gasteiger partial charge < -0.3 is 10.5 Å². The second-order valence-electron chi connectivity index (χ2n) is 3.21. The van der Waals surface area contributed by atoms with Crippen LogP contribution in [-0.2, 0) is 4.74 Å². The van der Waals surface area contributed by atoms with Crippen molar-refractivity contribution in [3.63, 3.8) is 0 Å². The van der Waals surface area contributed by atoms with E-state index >= 15 is 0 Å². The van der Waals surface area contributed by atoms with Gasteiger partial charge in [-0.15, -0.1) is 0 Å². The molecule has 0 aliphatic carbocycles. The third-order valence-electron chi connectivity index (χ3n) is 2.42. The molecule has 0 amide bonds. The third-order valence-corrected chi connectivity index (χ3v) is 2.42. The molecule has 0 spiro atoms. The number of nitrogens with two attached hydrogens (primary N) is 1. The summed E-state index contributed by atoms with van der Waals surface area (Å²) in [6, 6.07) is 10.3. The highest BCUT2D eigenvalue weighted by atomic mass is 16.5. The van der Waals surface area contributed by atoms with Crippen LogP contribution in [0.15, 0.2) is 30.3 Å². The lowest BCUT2D eigenvalue weighted by Gasteiger charge is -2.21. The average molecular weight is 179 g/mol. The molecule has 13 heavy (non-hydrogen) atoms. The molecule has 2 unspecified atom stereocenters. The molecule has 0 aliphatic heterocycles. The Morgan fingerprint density at radius 3 is 2.38 bits per heavy atom. The van der Waals surface area contributed by atoms with E-state index in [-0.39, 0.29) is 6.10 Å². The fraction of sp³-hybridized carbons (Fsp3) is 0.455. The van der Waals surface area contributed by atoms with Gasteiger partial charge in [-0.1, -0.05) is 37.3 Å². The second-order valence-corrected chi connectivity index (χ2v) is 3.21. The summed E-state index contributed by atoms with van der Waals surface area (Å²) in [6.45, 7) is 2.70. The molecular formula is C11H17NO. The van der Waals surface area contributed by atoms with Crippen molar-refractivity contribution in [2.45, 2.75) is 18.9 Å². The second kappa shape index (κ2) is 5.00. The van der Waals surface area contributed by atoms with Crippen LogP contribution in [0.3, 0.4) is 0 Å². The Morgan fingerprint density at radius 1 is 1.31 bits per heavy atom. The lowest BCUT2D eigenvalue weighted by atomic mass is 9.95. The smallest absolute Gasteiger partial charge is 0.0759 e. The summed E-state index contributed by atoms with van der Waals surface area (Å²) >= 11 is 0. The summed E-state index contributed by atoms with van der Waals surface area (Å²) in [5.74, 6) is 0.358. The third kappa shape index (κ3) is 2.54. The number of ether oxygens (including phenoxy) is 1. The maximum absolute atomic E-state index is 5.60. The Bertz CT molecular complexity index is 231. The largest absolute Gasteiger partial charge is 0.380 e. The maximum atomic E-state index is 5.60. The van der Waals surface area contributed by atoms with Crippen molar-refractivity contribution in [1.82, 2.24) is 0 Å². The van der Waals surface area contributed by atoms with Gasteiger partial charge in [-0.2, -0.15) is 0 Å². The standard InChI is InChI=1S/C11H17NO/c1-9(11(8-12)13-2)10-6-4-3-5-7-10/h3-7,9,11H,8,12H2,1-2H3. The summed E-state index contributed by atoms with van der Waals surface area (Å²) in [4.78, 5) is 0. The van der Waals surface area contributed by atoms with Gasteiger partial charge in [0, 0.05) is 19.6 Å². The van der Waals surface area contributed by atoms with E-state index in [0.29, 0.717) is 12.5 Å². The summed E-state index contributed by atoms with van der Waals surface area (Å²) < 4.78 is 5.29. The molecular weight excluding hydrogens is 162 g/mol. The van der Waals surface area contributed by atoms with Crippen molar-refractivity contribution < 1.29 is 4.74 Å². The van der Waals surface area contributed by atoms with Gasteiger partial charge in [0.1, 0.15) is 0 Å². The van der Waals surface area contributed by atoms with Gasteiger partial charge in [-0.25, -0.2) is 0 Å². The molecule has 0 radical (unpaired) electrons. The fourth-order valence-electron chi connectivity index (χ4n) is 1.48. The van der Waals surface area contributed by atoms with Crippen molar-refractivity contribution in [2.75, 3.05) is 13.7 Å². The van der Waals surface area contributed by atoms with Crippen molar-refractivity contribution in [3.8, 4) is 0 Å². The van der Waals surface area contributed by atoms with Gasteiger partial charge in [0.15, 0.2) is 0 Å². The van der Waals surface area contributed by atoms with Crippen molar-refractivity contribution in [3.05, 3.63) is 35.9 Å². The molecule has 0 aliphatic rings. The molecule has 2 N–H and O–H groups in total. The van der Waals surface area contributed by atoms with Crippen LogP contribution in [-0.4, -0.2) is 19.8 Å². The summed E-state index contributed by atoms with van der Waals surface area (Å²) in [5.41, 5.74) is 6.87. The van der Waals surface area contributed by atoms with Gasteiger partial charge in [0.05, 0.1) is 6.10 Å². The monoisotopic (exact) mass is 179 g/mol. The topological polar surface area (TPSA) is 35.2 Å². The molecule has 1 aromatic carbocycles. The number of hydrogen-bond acceptors (Lipinski definition) is 2. The molecule has 0 saturated heterocycles. The van der Waals surface area contributed by atoms with Gasteiger partial charge in [-0.05, 0) is 5.56 Å². The van der Waals surface area contributed by atoms with E-state index in [1.807, 2.05) is 18.2 Å². The van der Waals surface area contributed by atoms with E-state index in [4.69, 9.17) is 10.5 Å². The SMILES string of the molecule is COC(CN)C(C)c1ccccc1. The van der Waals surface area contributed by atoms with Crippen LogP contribution in [0.4, 0.5) is 0 Å². The van der Waals surface area contributed by atoms with Gasteiger partial charge in [-0.3, -0.25) is 0 Å². The summed E-state index contributed by atoms with van der Waals surface area (Å²) in [7, 11) is 1.71. The highest BCUT2D eigenvalue weighted by molar-refractivity contribution is 5.20. The van der Waals surface area contributed by atoms with Crippen LogP contribution in [0, 0.1) is 0 Å². The Kier molecular flexibility index (Phi) is 3.93.